The summed E-state index contributed by atoms with van der Waals surface area (Å²) in [7, 11) is 6.55. The van der Waals surface area contributed by atoms with Gasteiger partial charge in [-0.1, -0.05) is 25.5 Å². The highest BCUT2D eigenvalue weighted by Gasteiger charge is 2.13. The first kappa shape index (κ1) is 23.2. The number of nitrogens with zero attached hydrogens (tertiary/aromatic N) is 1. The van der Waals surface area contributed by atoms with Crippen molar-refractivity contribution in [2.24, 2.45) is 4.99 Å². The number of hydrogen-bond donors (Lipinski definition) is 2. The molecule has 0 fully saturated rings. The van der Waals surface area contributed by atoms with Gasteiger partial charge in [0, 0.05) is 20.1 Å². The number of unbranched alkanes of at least 4 members (excludes halogenated alkanes) is 1. The van der Waals surface area contributed by atoms with Crippen LogP contribution >= 0.6 is 0 Å². The zero-order valence-electron chi connectivity index (χ0n) is 18.6. The molecular formula is C23H33N3O4. The molecule has 0 unspecified atom stereocenters. The molecule has 0 atom stereocenters. The van der Waals surface area contributed by atoms with Crippen LogP contribution in [0.4, 0.5) is 0 Å². The molecule has 30 heavy (non-hydrogen) atoms. The van der Waals surface area contributed by atoms with Gasteiger partial charge in [-0.3, -0.25) is 4.99 Å². The monoisotopic (exact) mass is 415 g/mol. The van der Waals surface area contributed by atoms with Crippen molar-refractivity contribution in [1.82, 2.24) is 10.6 Å². The highest BCUT2D eigenvalue weighted by molar-refractivity contribution is 5.79. The Morgan fingerprint density at radius 2 is 1.57 bits per heavy atom. The maximum Gasteiger partial charge on any atom is 0.203 e. The number of benzene rings is 2. The molecule has 0 saturated heterocycles. The smallest absolute Gasteiger partial charge is 0.203 e. The van der Waals surface area contributed by atoms with E-state index in [2.05, 4.69) is 34.7 Å². The fourth-order valence-electron chi connectivity index (χ4n) is 2.91. The number of hydrogen-bond acceptors (Lipinski definition) is 5. The van der Waals surface area contributed by atoms with Gasteiger partial charge in [0.2, 0.25) is 5.75 Å². The van der Waals surface area contributed by atoms with E-state index < -0.39 is 0 Å². The van der Waals surface area contributed by atoms with Crippen molar-refractivity contribution >= 4 is 5.96 Å². The van der Waals surface area contributed by atoms with Crippen LogP contribution in [-0.4, -0.2) is 40.9 Å². The number of guanidine groups is 1. The molecule has 0 aromatic heterocycles. The highest BCUT2D eigenvalue weighted by atomic mass is 16.5. The van der Waals surface area contributed by atoms with E-state index in [1.54, 1.807) is 28.4 Å². The van der Waals surface area contributed by atoms with Gasteiger partial charge < -0.3 is 29.6 Å². The van der Waals surface area contributed by atoms with Gasteiger partial charge in [0.25, 0.3) is 0 Å². The Balaban J connectivity index is 1.95. The summed E-state index contributed by atoms with van der Waals surface area (Å²) in [5, 5.41) is 6.63. The summed E-state index contributed by atoms with van der Waals surface area (Å²) >= 11 is 0. The average molecular weight is 416 g/mol. The quantitative estimate of drug-likeness (QED) is 0.331. The van der Waals surface area contributed by atoms with E-state index in [4.69, 9.17) is 18.9 Å². The number of aliphatic imine (C=N–C) groups is 1. The van der Waals surface area contributed by atoms with Crippen molar-refractivity contribution in [3.05, 3.63) is 47.5 Å². The third kappa shape index (κ3) is 6.76. The minimum absolute atomic E-state index is 0.552. The summed E-state index contributed by atoms with van der Waals surface area (Å²) in [6, 6.07) is 11.9. The van der Waals surface area contributed by atoms with E-state index >= 15 is 0 Å². The van der Waals surface area contributed by atoms with Gasteiger partial charge in [-0.25, -0.2) is 0 Å². The van der Waals surface area contributed by atoms with Gasteiger partial charge in [-0.05, 0) is 41.8 Å². The molecule has 2 rings (SSSR count). The lowest BCUT2D eigenvalue weighted by molar-refractivity contribution is 0.309. The lowest BCUT2D eigenvalue weighted by atomic mass is 10.2. The molecule has 0 aliphatic carbocycles. The number of methoxy groups -OCH3 is 3. The number of ether oxygens (including phenoxy) is 4. The predicted octanol–water partition coefficient (Wildman–Crippen LogP) is 3.76. The second-order valence-corrected chi connectivity index (χ2v) is 6.66. The van der Waals surface area contributed by atoms with Crippen LogP contribution in [0.3, 0.4) is 0 Å². The number of nitrogens with one attached hydrogen (secondary N) is 2. The Hall–Kier alpha value is -3.09. The van der Waals surface area contributed by atoms with Crippen molar-refractivity contribution in [1.29, 1.82) is 0 Å². The Bertz CT molecular complexity index is 799. The molecule has 0 saturated carbocycles. The second-order valence-electron chi connectivity index (χ2n) is 6.66. The normalized spacial score (nSPS) is 11.0. The fourth-order valence-corrected chi connectivity index (χ4v) is 2.91. The molecule has 0 spiro atoms. The Labute approximate surface area is 179 Å². The first-order chi connectivity index (χ1) is 14.6. The maximum atomic E-state index is 5.78. The van der Waals surface area contributed by atoms with Gasteiger partial charge >= 0.3 is 0 Å². The van der Waals surface area contributed by atoms with Crippen molar-refractivity contribution in [3.8, 4) is 23.0 Å². The largest absolute Gasteiger partial charge is 0.494 e. The van der Waals surface area contributed by atoms with Crippen LogP contribution in [0.2, 0.25) is 0 Å². The van der Waals surface area contributed by atoms with Crippen LogP contribution in [0, 0.1) is 0 Å². The molecule has 7 heteroatoms. The summed E-state index contributed by atoms with van der Waals surface area (Å²) in [4.78, 5) is 4.30. The lowest BCUT2D eigenvalue weighted by Gasteiger charge is -2.16. The van der Waals surface area contributed by atoms with Crippen molar-refractivity contribution < 1.29 is 18.9 Å². The van der Waals surface area contributed by atoms with E-state index in [9.17, 15) is 0 Å². The third-order valence-corrected chi connectivity index (χ3v) is 4.53. The van der Waals surface area contributed by atoms with Crippen molar-refractivity contribution in [2.75, 3.05) is 35.0 Å². The molecule has 0 radical (unpaired) electrons. The first-order valence-electron chi connectivity index (χ1n) is 10.1. The van der Waals surface area contributed by atoms with Crippen molar-refractivity contribution in [3.63, 3.8) is 0 Å². The van der Waals surface area contributed by atoms with Crippen LogP contribution in [0.25, 0.3) is 0 Å². The molecule has 7 nitrogen and oxygen atoms in total. The highest BCUT2D eigenvalue weighted by Crippen LogP contribution is 2.38. The van der Waals surface area contributed by atoms with Crippen molar-refractivity contribution in [2.45, 2.75) is 32.9 Å². The Morgan fingerprint density at radius 1 is 0.900 bits per heavy atom. The van der Waals surface area contributed by atoms with E-state index in [1.165, 1.54) is 0 Å². The summed E-state index contributed by atoms with van der Waals surface area (Å²) in [5.74, 6) is 3.41. The van der Waals surface area contributed by atoms with Crippen LogP contribution in [0.5, 0.6) is 23.0 Å². The Kier molecular flexibility index (Phi) is 9.64. The zero-order chi connectivity index (χ0) is 21.8. The van der Waals surface area contributed by atoms with Gasteiger partial charge in [0.1, 0.15) is 5.75 Å². The average Bonchev–Trinajstić information content (AvgIpc) is 2.78. The first-order valence-corrected chi connectivity index (χ1v) is 10.1. The molecule has 0 bridgehead atoms. The van der Waals surface area contributed by atoms with Gasteiger partial charge in [0.05, 0.1) is 27.9 Å². The topological polar surface area (TPSA) is 73.3 Å². The van der Waals surface area contributed by atoms with Gasteiger partial charge in [-0.2, -0.15) is 0 Å². The standard InChI is InChI=1S/C23H33N3O4/c1-6-7-11-30-19-10-8-9-17(12-19)15-25-23(24-2)26-16-18-13-20(27-3)22(29-5)21(14-18)28-4/h8-10,12-14H,6-7,11,15-16H2,1-5H3,(H2,24,25,26). The maximum absolute atomic E-state index is 5.78. The molecule has 164 valence electrons. The van der Waals surface area contributed by atoms with Crippen LogP contribution in [0.15, 0.2) is 41.4 Å². The van der Waals surface area contributed by atoms with E-state index in [0.29, 0.717) is 36.3 Å². The summed E-state index contributed by atoms with van der Waals surface area (Å²) in [5.41, 5.74) is 2.11. The molecule has 0 aliphatic heterocycles. The van der Waals surface area contributed by atoms with E-state index in [0.717, 1.165) is 36.3 Å². The molecule has 0 aliphatic rings. The second kappa shape index (κ2) is 12.5. The molecule has 2 aromatic rings. The van der Waals surface area contributed by atoms with E-state index in [-0.39, 0.29) is 0 Å². The summed E-state index contributed by atoms with van der Waals surface area (Å²) in [6.07, 6.45) is 2.18. The zero-order valence-corrected chi connectivity index (χ0v) is 18.6. The molecule has 0 heterocycles. The molecule has 2 aromatic carbocycles. The summed E-state index contributed by atoms with van der Waals surface area (Å²) < 4.78 is 22.0. The van der Waals surface area contributed by atoms with Gasteiger partial charge in [0.15, 0.2) is 17.5 Å². The SMILES string of the molecule is CCCCOc1cccc(CNC(=NC)NCc2cc(OC)c(OC)c(OC)c2)c1. The molecule has 0 amide bonds. The van der Waals surface area contributed by atoms with Crippen LogP contribution in [-0.2, 0) is 13.1 Å². The minimum atomic E-state index is 0.552. The summed E-state index contributed by atoms with van der Waals surface area (Å²) in [6.45, 7) is 4.09. The Morgan fingerprint density at radius 3 is 2.13 bits per heavy atom. The molecular weight excluding hydrogens is 382 g/mol. The molecule has 2 N–H and O–H groups in total. The number of rotatable bonds is 11. The fraction of sp³-hybridized carbons (Fsp3) is 0.435. The minimum Gasteiger partial charge on any atom is -0.494 e. The van der Waals surface area contributed by atoms with E-state index in [1.807, 2.05) is 24.3 Å². The van der Waals surface area contributed by atoms with Gasteiger partial charge in [-0.15, -0.1) is 0 Å². The van der Waals surface area contributed by atoms with Crippen LogP contribution in [0.1, 0.15) is 30.9 Å². The third-order valence-electron chi connectivity index (χ3n) is 4.53. The van der Waals surface area contributed by atoms with Crippen LogP contribution < -0.4 is 29.6 Å². The lowest BCUT2D eigenvalue weighted by Crippen LogP contribution is -2.36. The predicted molar refractivity (Wildman–Crippen MR) is 120 cm³/mol.